The molecule has 0 saturated heterocycles. The standard InChI is InChI=1S/C16H22N2O3/c1-17-12-14-11-13-5-3-4-6-15(13)16(18-14)21-10-9-20-8-7-19-2/h3-6,11,17H,7-10,12H2,1-2H3. The van der Waals surface area contributed by atoms with Crippen LogP contribution in [-0.4, -0.2) is 45.6 Å². The van der Waals surface area contributed by atoms with E-state index in [9.17, 15) is 0 Å². The van der Waals surface area contributed by atoms with E-state index in [2.05, 4.69) is 22.4 Å². The van der Waals surface area contributed by atoms with Crippen molar-refractivity contribution in [3.63, 3.8) is 0 Å². The maximum Gasteiger partial charge on any atom is 0.221 e. The lowest BCUT2D eigenvalue weighted by atomic mass is 10.1. The summed E-state index contributed by atoms with van der Waals surface area (Å²) < 4.78 is 16.1. The van der Waals surface area contributed by atoms with Crippen molar-refractivity contribution >= 4 is 10.8 Å². The molecule has 1 N–H and O–H groups in total. The van der Waals surface area contributed by atoms with Gasteiger partial charge in [-0.25, -0.2) is 4.98 Å². The summed E-state index contributed by atoms with van der Waals surface area (Å²) in [5.41, 5.74) is 0.964. The van der Waals surface area contributed by atoms with Crippen LogP contribution in [0.4, 0.5) is 0 Å². The zero-order valence-corrected chi connectivity index (χ0v) is 12.6. The van der Waals surface area contributed by atoms with Gasteiger partial charge in [-0.1, -0.05) is 18.2 Å². The number of methoxy groups -OCH3 is 1. The molecule has 0 aliphatic rings. The van der Waals surface area contributed by atoms with Gasteiger partial charge in [-0.15, -0.1) is 0 Å². The zero-order chi connectivity index (χ0) is 14.9. The van der Waals surface area contributed by atoms with Gasteiger partial charge < -0.3 is 19.5 Å². The topological polar surface area (TPSA) is 52.6 Å². The van der Waals surface area contributed by atoms with Crippen molar-refractivity contribution in [1.82, 2.24) is 10.3 Å². The van der Waals surface area contributed by atoms with Gasteiger partial charge in [0, 0.05) is 19.0 Å². The average molecular weight is 290 g/mol. The number of hydrogen-bond donors (Lipinski definition) is 1. The molecule has 0 aliphatic carbocycles. The van der Waals surface area contributed by atoms with Crippen LogP contribution in [0, 0.1) is 0 Å². The van der Waals surface area contributed by atoms with E-state index >= 15 is 0 Å². The number of pyridine rings is 1. The van der Waals surface area contributed by atoms with Gasteiger partial charge in [-0.05, 0) is 24.6 Å². The Bertz CT molecular complexity index is 560. The van der Waals surface area contributed by atoms with Crippen molar-refractivity contribution in [3.8, 4) is 5.88 Å². The first-order chi connectivity index (χ1) is 10.3. The minimum absolute atomic E-state index is 0.476. The Kier molecular flexibility index (Phi) is 6.40. The van der Waals surface area contributed by atoms with Crippen molar-refractivity contribution in [2.24, 2.45) is 0 Å². The van der Waals surface area contributed by atoms with E-state index in [1.165, 1.54) is 0 Å². The van der Waals surface area contributed by atoms with Gasteiger partial charge in [0.25, 0.3) is 0 Å². The second-order valence-electron chi connectivity index (χ2n) is 4.62. The second kappa shape index (κ2) is 8.56. The third kappa shape index (κ3) is 4.67. The van der Waals surface area contributed by atoms with E-state index in [0.29, 0.717) is 38.9 Å². The minimum Gasteiger partial charge on any atom is -0.475 e. The minimum atomic E-state index is 0.476. The lowest BCUT2D eigenvalue weighted by molar-refractivity contribution is 0.0539. The smallest absolute Gasteiger partial charge is 0.221 e. The number of aromatic nitrogens is 1. The van der Waals surface area contributed by atoms with E-state index in [1.54, 1.807) is 7.11 Å². The largest absolute Gasteiger partial charge is 0.475 e. The highest BCUT2D eigenvalue weighted by atomic mass is 16.5. The fraction of sp³-hybridized carbons (Fsp3) is 0.438. The van der Waals surface area contributed by atoms with Crippen LogP contribution in [0.25, 0.3) is 10.8 Å². The molecule has 21 heavy (non-hydrogen) atoms. The molecule has 0 radical (unpaired) electrons. The summed E-state index contributed by atoms with van der Waals surface area (Å²) in [6.07, 6.45) is 0. The predicted molar refractivity (Wildman–Crippen MR) is 82.7 cm³/mol. The van der Waals surface area contributed by atoms with Crippen molar-refractivity contribution in [3.05, 3.63) is 36.0 Å². The van der Waals surface area contributed by atoms with E-state index in [0.717, 1.165) is 16.5 Å². The molecule has 2 rings (SSSR count). The molecule has 1 heterocycles. The lowest BCUT2D eigenvalue weighted by Gasteiger charge is -2.11. The van der Waals surface area contributed by atoms with Gasteiger partial charge in [0.1, 0.15) is 6.61 Å². The SMILES string of the molecule is CNCc1cc2ccccc2c(OCCOCCOC)n1. The normalized spacial score (nSPS) is 11.0. The molecule has 0 amide bonds. The third-order valence-corrected chi connectivity index (χ3v) is 3.01. The maximum absolute atomic E-state index is 5.78. The second-order valence-corrected chi connectivity index (χ2v) is 4.62. The number of ether oxygens (including phenoxy) is 3. The first-order valence-corrected chi connectivity index (χ1v) is 7.08. The quantitative estimate of drug-likeness (QED) is 0.716. The van der Waals surface area contributed by atoms with Crippen LogP contribution in [-0.2, 0) is 16.0 Å². The Morgan fingerprint density at radius 1 is 1.10 bits per heavy atom. The van der Waals surface area contributed by atoms with Crippen LogP contribution in [0.5, 0.6) is 5.88 Å². The third-order valence-electron chi connectivity index (χ3n) is 3.01. The number of rotatable bonds is 9. The van der Waals surface area contributed by atoms with E-state index in [4.69, 9.17) is 14.2 Å². The van der Waals surface area contributed by atoms with Gasteiger partial charge in [-0.3, -0.25) is 0 Å². The molecule has 0 fully saturated rings. The van der Waals surface area contributed by atoms with Gasteiger partial charge in [0.05, 0.1) is 25.5 Å². The van der Waals surface area contributed by atoms with Gasteiger partial charge >= 0.3 is 0 Å². The van der Waals surface area contributed by atoms with Gasteiger partial charge in [0.15, 0.2) is 0 Å². The highest BCUT2D eigenvalue weighted by Gasteiger charge is 2.06. The van der Waals surface area contributed by atoms with Gasteiger partial charge in [0.2, 0.25) is 5.88 Å². The Balaban J connectivity index is 2.03. The molecular formula is C16H22N2O3. The molecule has 0 aliphatic heterocycles. The summed E-state index contributed by atoms with van der Waals surface area (Å²) in [5, 5.41) is 5.26. The molecule has 114 valence electrons. The summed E-state index contributed by atoms with van der Waals surface area (Å²) >= 11 is 0. The molecule has 5 heteroatoms. The van der Waals surface area contributed by atoms with E-state index < -0.39 is 0 Å². The molecule has 2 aromatic rings. The maximum atomic E-state index is 5.78. The van der Waals surface area contributed by atoms with Crippen LogP contribution >= 0.6 is 0 Å². The molecular weight excluding hydrogens is 268 g/mol. The van der Waals surface area contributed by atoms with E-state index in [1.807, 2.05) is 25.2 Å². The summed E-state index contributed by atoms with van der Waals surface area (Å²) in [4.78, 5) is 4.56. The average Bonchev–Trinajstić information content (AvgIpc) is 2.51. The number of hydrogen-bond acceptors (Lipinski definition) is 5. The monoisotopic (exact) mass is 290 g/mol. The molecule has 1 aromatic carbocycles. The molecule has 0 bridgehead atoms. The number of benzene rings is 1. The van der Waals surface area contributed by atoms with Crippen LogP contribution in [0.1, 0.15) is 5.69 Å². The number of nitrogens with one attached hydrogen (secondary N) is 1. The molecule has 0 saturated carbocycles. The highest BCUT2D eigenvalue weighted by Crippen LogP contribution is 2.24. The van der Waals surface area contributed by atoms with Crippen molar-refractivity contribution in [2.75, 3.05) is 40.6 Å². The van der Waals surface area contributed by atoms with Crippen molar-refractivity contribution < 1.29 is 14.2 Å². The Labute approximate surface area is 125 Å². The molecule has 0 atom stereocenters. The Morgan fingerprint density at radius 2 is 1.90 bits per heavy atom. The van der Waals surface area contributed by atoms with E-state index in [-0.39, 0.29) is 0 Å². The summed E-state index contributed by atoms with van der Waals surface area (Å²) in [6.45, 7) is 2.89. The zero-order valence-electron chi connectivity index (χ0n) is 12.6. The molecule has 0 spiro atoms. The predicted octanol–water partition coefficient (Wildman–Crippen LogP) is 2.00. The fourth-order valence-electron chi connectivity index (χ4n) is 2.04. The molecule has 5 nitrogen and oxygen atoms in total. The number of fused-ring (bicyclic) bond motifs is 1. The summed E-state index contributed by atoms with van der Waals surface area (Å²) in [6, 6.07) is 10.2. The fourth-order valence-corrected chi connectivity index (χ4v) is 2.04. The van der Waals surface area contributed by atoms with Crippen LogP contribution in [0.15, 0.2) is 30.3 Å². The van der Waals surface area contributed by atoms with Crippen molar-refractivity contribution in [1.29, 1.82) is 0 Å². The summed E-state index contributed by atoms with van der Waals surface area (Å²) in [5.74, 6) is 0.661. The van der Waals surface area contributed by atoms with Gasteiger partial charge in [-0.2, -0.15) is 0 Å². The van der Waals surface area contributed by atoms with Crippen LogP contribution in [0.3, 0.4) is 0 Å². The number of nitrogens with zero attached hydrogens (tertiary/aromatic N) is 1. The van der Waals surface area contributed by atoms with Crippen molar-refractivity contribution in [2.45, 2.75) is 6.54 Å². The highest BCUT2D eigenvalue weighted by molar-refractivity contribution is 5.87. The Morgan fingerprint density at radius 3 is 2.71 bits per heavy atom. The lowest BCUT2D eigenvalue weighted by Crippen LogP contribution is -2.12. The van der Waals surface area contributed by atoms with Crippen LogP contribution in [0.2, 0.25) is 0 Å². The molecule has 1 aromatic heterocycles. The first kappa shape index (κ1) is 15.7. The van der Waals surface area contributed by atoms with Crippen LogP contribution < -0.4 is 10.1 Å². The molecule has 0 unspecified atom stereocenters. The Hall–Kier alpha value is -1.69. The summed E-state index contributed by atoms with van der Waals surface area (Å²) in [7, 11) is 3.56. The first-order valence-electron chi connectivity index (χ1n) is 7.08.